The summed E-state index contributed by atoms with van der Waals surface area (Å²) in [7, 11) is 0. The highest BCUT2D eigenvalue weighted by Gasteiger charge is 2.25. The second-order valence-corrected chi connectivity index (χ2v) is 5.38. The number of nitrogens with zero attached hydrogens (tertiary/aromatic N) is 1. The fraction of sp³-hybridized carbons (Fsp3) is 0.533. The highest BCUT2D eigenvalue weighted by atomic mass is 14.9. The van der Waals surface area contributed by atoms with E-state index in [2.05, 4.69) is 30.1 Å². The molecule has 1 saturated carbocycles. The fourth-order valence-corrected chi connectivity index (χ4v) is 2.97. The molecule has 18 heavy (non-hydrogen) atoms. The number of aryl methyl sites for hydroxylation is 1. The first kappa shape index (κ1) is 11.7. The first-order valence-electron chi connectivity index (χ1n) is 7.02. The molecule has 1 aliphatic rings. The number of hydrogen-bond donors (Lipinski definition) is 2. The van der Waals surface area contributed by atoms with E-state index in [-0.39, 0.29) is 6.04 Å². The molecule has 1 heterocycles. The number of H-pyrrole nitrogens is 1. The van der Waals surface area contributed by atoms with Crippen LogP contribution in [0.4, 0.5) is 0 Å². The van der Waals surface area contributed by atoms with Gasteiger partial charge in [-0.25, -0.2) is 4.98 Å². The minimum atomic E-state index is 0.268. The molecular weight excluding hydrogens is 222 g/mol. The number of nitrogens with two attached hydrogens (primary N) is 1. The third-order valence-corrected chi connectivity index (χ3v) is 4.14. The van der Waals surface area contributed by atoms with Crippen LogP contribution < -0.4 is 5.73 Å². The molecule has 96 valence electrons. The lowest BCUT2D eigenvalue weighted by atomic mass is 9.84. The molecule has 1 aromatic carbocycles. The number of hydrogen-bond acceptors (Lipinski definition) is 2. The maximum atomic E-state index is 6.23. The van der Waals surface area contributed by atoms with Crippen LogP contribution in [0, 0.1) is 0 Å². The summed E-state index contributed by atoms with van der Waals surface area (Å²) in [6.07, 6.45) is 5.89. The SMILES string of the molecule is CCc1ccc2nc(C3CCCCC3N)[nH]c2c1. The number of fused-ring (bicyclic) bond motifs is 1. The first-order chi connectivity index (χ1) is 8.78. The van der Waals surface area contributed by atoms with Gasteiger partial charge in [-0.3, -0.25) is 0 Å². The van der Waals surface area contributed by atoms with Crippen molar-refractivity contribution in [2.75, 3.05) is 0 Å². The van der Waals surface area contributed by atoms with E-state index in [1.807, 2.05) is 0 Å². The van der Waals surface area contributed by atoms with Gasteiger partial charge in [0.05, 0.1) is 11.0 Å². The summed E-state index contributed by atoms with van der Waals surface area (Å²) in [5, 5.41) is 0. The smallest absolute Gasteiger partial charge is 0.111 e. The fourth-order valence-electron chi connectivity index (χ4n) is 2.97. The van der Waals surface area contributed by atoms with E-state index < -0.39 is 0 Å². The summed E-state index contributed by atoms with van der Waals surface area (Å²) < 4.78 is 0. The van der Waals surface area contributed by atoms with Crippen molar-refractivity contribution in [1.82, 2.24) is 9.97 Å². The van der Waals surface area contributed by atoms with Crippen LogP contribution in [0.1, 0.15) is 49.9 Å². The lowest BCUT2D eigenvalue weighted by Crippen LogP contribution is -2.31. The highest BCUT2D eigenvalue weighted by Crippen LogP contribution is 2.31. The second-order valence-electron chi connectivity index (χ2n) is 5.38. The second kappa shape index (κ2) is 4.73. The van der Waals surface area contributed by atoms with E-state index in [1.54, 1.807) is 0 Å². The van der Waals surface area contributed by atoms with E-state index >= 15 is 0 Å². The molecular formula is C15H21N3. The van der Waals surface area contributed by atoms with Crippen molar-refractivity contribution in [3.63, 3.8) is 0 Å². The van der Waals surface area contributed by atoms with Gasteiger partial charge in [-0.1, -0.05) is 25.8 Å². The van der Waals surface area contributed by atoms with Crippen molar-refractivity contribution in [2.45, 2.75) is 51.0 Å². The average molecular weight is 243 g/mol. The third kappa shape index (κ3) is 2.03. The molecule has 2 unspecified atom stereocenters. The molecule has 2 atom stereocenters. The Morgan fingerprint density at radius 3 is 2.94 bits per heavy atom. The van der Waals surface area contributed by atoms with Crippen LogP contribution >= 0.6 is 0 Å². The Balaban J connectivity index is 1.97. The molecule has 3 N–H and O–H groups in total. The Kier molecular flexibility index (Phi) is 3.08. The molecule has 2 aromatic rings. The van der Waals surface area contributed by atoms with E-state index in [0.29, 0.717) is 5.92 Å². The summed E-state index contributed by atoms with van der Waals surface area (Å²) >= 11 is 0. The van der Waals surface area contributed by atoms with Crippen LogP contribution in [0.5, 0.6) is 0 Å². The number of rotatable bonds is 2. The summed E-state index contributed by atoms with van der Waals surface area (Å²) in [6, 6.07) is 6.75. The van der Waals surface area contributed by atoms with Gasteiger partial charge in [-0.2, -0.15) is 0 Å². The van der Waals surface area contributed by atoms with Gasteiger partial charge in [0.15, 0.2) is 0 Å². The number of aromatic nitrogens is 2. The largest absolute Gasteiger partial charge is 0.342 e. The summed E-state index contributed by atoms with van der Waals surface area (Å²) in [6.45, 7) is 2.18. The zero-order valence-corrected chi connectivity index (χ0v) is 10.9. The monoisotopic (exact) mass is 243 g/mol. The minimum Gasteiger partial charge on any atom is -0.342 e. The molecule has 0 bridgehead atoms. The topological polar surface area (TPSA) is 54.7 Å². The lowest BCUT2D eigenvalue weighted by molar-refractivity contribution is 0.375. The van der Waals surface area contributed by atoms with Crippen LogP contribution in [0.2, 0.25) is 0 Å². The molecule has 0 spiro atoms. The van der Waals surface area contributed by atoms with Crippen LogP contribution in [-0.4, -0.2) is 16.0 Å². The molecule has 3 heteroatoms. The molecule has 0 amide bonds. The quantitative estimate of drug-likeness (QED) is 0.851. The van der Waals surface area contributed by atoms with Crippen LogP contribution in [0.15, 0.2) is 18.2 Å². The molecule has 1 aromatic heterocycles. The standard InChI is InChI=1S/C15H21N3/c1-2-10-7-8-13-14(9-10)18-15(17-13)11-5-3-4-6-12(11)16/h7-9,11-12H,2-6,16H2,1H3,(H,17,18). The van der Waals surface area contributed by atoms with Gasteiger partial charge in [0.25, 0.3) is 0 Å². The maximum Gasteiger partial charge on any atom is 0.111 e. The van der Waals surface area contributed by atoms with Crippen molar-refractivity contribution in [2.24, 2.45) is 5.73 Å². The summed E-state index contributed by atoms with van der Waals surface area (Å²) in [4.78, 5) is 8.21. The Morgan fingerprint density at radius 2 is 2.17 bits per heavy atom. The van der Waals surface area contributed by atoms with Crippen LogP contribution in [0.25, 0.3) is 11.0 Å². The van der Waals surface area contributed by atoms with E-state index in [1.165, 1.54) is 24.8 Å². The Bertz CT molecular complexity index is 544. The lowest BCUT2D eigenvalue weighted by Gasteiger charge is -2.26. The van der Waals surface area contributed by atoms with Crippen molar-refractivity contribution in [3.05, 3.63) is 29.6 Å². The molecule has 1 aliphatic carbocycles. The molecule has 0 saturated heterocycles. The van der Waals surface area contributed by atoms with E-state index in [9.17, 15) is 0 Å². The number of benzene rings is 1. The minimum absolute atomic E-state index is 0.268. The third-order valence-electron chi connectivity index (χ3n) is 4.14. The number of imidazole rings is 1. The normalized spacial score (nSPS) is 24.6. The van der Waals surface area contributed by atoms with Crippen molar-refractivity contribution in [3.8, 4) is 0 Å². The number of aromatic amines is 1. The van der Waals surface area contributed by atoms with Crippen LogP contribution in [-0.2, 0) is 6.42 Å². The van der Waals surface area contributed by atoms with Gasteiger partial charge < -0.3 is 10.7 Å². The molecule has 1 fully saturated rings. The highest BCUT2D eigenvalue weighted by molar-refractivity contribution is 5.76. The molecule has 3 rings (SSSR count). The molecule has 0 aliphatic heterocycles. The zero-order chi connectivity index (χ0) is 12.5. The van der Waals surface area contributed by atoms with Crippen molar-refractivity contribution < 1.29 is 0 Å². The maximum absolute atomic E-state index is 6.23. The van der Waals surface area contributed by atoms with Crippen LogP contribution in [0.3, 0.4) is 0 Å². The van der Waals surface area contributed by atoms with Gasteiger partial charge >= 0.3 is 0 Å². The number of nitrogens with one attached hydrogen (secondary N) is 1. The van der Waals surface area contributed by atoms with Gasteiger partial charge in [-0.05, 0) is 37.0 Å². The first-order valence-corrected chi connectivity index (χ1v) is 7.02. The van der Waals surface area contributed by atoms with Gasteiger partial charge in [0.1, 0.15) is 5.82 Å². The Labute approximate surface area is 108 Å². The Hall–Kier alpha value is -1.35. The summed E-state index contributed by atoms with van der Waals surface area (Å²) in [5.74, 6) is 1.50. The van der Waals surface area contributed by atoms with Gasteiger partial charge in [0, 0.05) is 12.0 Å². The van der Waals surface area contributed by atoms with E-state index in [4.69, 9.17) is 10.7 Å². The van der Waals surface area contributed by atoms with Gasteiger partial charge in [0.2, 0.25) is 0 Å². The predicted octanol–water partition coefficient (Wildman–Crippen LogP) is 3.11. The zero-order valence-electron chi connectivity index (χ0n) is 10.9. The average Bonchev–Trinajstić information content (AvgIpc) is 2.81. The molecule has 3 nitrogen and oxygen atoms in total. The Morgan fingerprint density at radius 1 is 1.33 bits per heavy atom. The summed E-state index contributed by atoms with van der Waals surface area (Å²) in [5.41, 5.74) is 9.81. The van der Waals surface area contributed by atoms with Crippen molar-refractivity contribution in [1.29, 1.82) is 0 Å². The predicted molar refractivity (Wildman–Crippen MR) is 74.7 cm³/mol. The van der Waals surface area contributed by atoms with E-state index in [0.717, 1.165) is 29.7 Å². The van der Waals surface area contributed by atoms with Crippen molar-refractivity contribution >= 4 is 11.0 Å². The van der Waals surface area contributed by atoms with Gasteiger partial charge in [-0.15, -0.1) is 0 Å². The molecule has 0 radical (unpaired) electrons.